The van der Waals surface area contributed by atoms with Crippen LogP contribution in [0.5, 0.6) is 5.88 Å². The van der Waals surface area contributed by atoms with Gasteiger partial charge in [0.2, 0.25) is 5.88 Å². The van der Waals surface area contributed by atoms with Crippen LogP contribution in [-0.4, -0.2) is 52.6 Å². The van der Waals surface area contributed by atoms with Gasteiger partial charge >= 0.3 is 5.92 Å². The summed E-state index contributed by atoms with van der Waals surface area (Å²) in [5, 5.41) is 0. The second-order valence-electron chi connectivity index (χ2n) is 6.73. The van der Waals surface area contributed by atoms with E-state index in [9.17, 15) is 22.4 Å². The Morgan fingerprint density at radius 2 is 2.03 bits per heavy atom. The third-order valence-corrected chi connectivity index (χ3v) is 4.52. The number of alkyl halides is 3. The molecule has 0 radical (unpaired) electrons. The third kappa shape index (κ3) is 4.34. The van der Waals surface area contributed by atoms with Gasteiger partial charge in [-0.15, -0.1) is 0 Å². The highest BCUT2D eigenvalue weighted by atomic mass is 19.3. The van der Waals surface area contributed by atoms with Gasteiger partial charge in [0.05, 0.1) is 12.6 Å². The van der Waals surface area contributed by atoms with Crippen molar-refractivity contribution in [2.75, 3.05) is 25.6 Å². The molecule has 13 heteroatoms. The van der Waals surface area contributed by atoms with Crippen molar-refractivity contribution in [3.05, 3.63) is 41.2 Å². The summed E-state index contributed by atoms with van der Waals surface area (Å²) in [4.78, 5) is 27.7. The maximum Gasteiger partial charge on any atom is 0.311 e. The molecule has 9 nitrogen and oxygen atoms in total. The number of hydrogen-bond donors (Lipinski definition) is 2. The lowest BCUT2D eigenvalue weighted by atomic mass is 9.88. The van der Waals surface area contributed by atoms with Crippen molar-refractivity contribution < 1.29 is 31.8 Å². The number of halogens is 4. The molecule has 0 fully saturated rings. The molecular formula is C18H18F4N6O3. The lowest BCUT2D eigenvalue weighted by Crippen LogP contribution is -2.51. The van der Waals surface area contributed by atoms with E-state index in [1.807, 2.05) is 0 Å². The number of hydrogen-bond acceptors (Lipinski definition) is 9. The standard InChI is InChI=1S/C18H18F4N6O3/c1-17(18(21,22)8-31-16(24)28-17)14-10(20)3-2-9(26-14)6-11(29)13-15(23)27-12(7-25-13)30-5-4-19/h2-3,7H,4-6,8H2,1H3,(H2,23,27)(H2,24,28)/t17-/m1/s1. The summed E-state index contributed by atoms with van der Waals surface area (Å²) in [6.07, 6.45) is 0.651. The summed E-state index contributed by atoms with van der Waals surface area (Å²) < 4.78 is 65.1. The van der Waals surface area contributed by atoms with E-state index >= 15 is 0 Å². The average Bonchev–Trinajstić information content (AvgIpc) is 2.71. The van der Waals surface area contributed by atoms with Crippen molar-refractivity contribution in [1.82, 2.24) is 15.0 Å². The lowest BCUT2D eigenvalue weighted by Gasteiger charge is -2.36. The molecule has 1 aliphatic heterocycles. The van der Waals surface area contributed by atoms with Crippen molar-refractivity contribution in [3.63, 3.8) is 0 Å². The van der Waals surface area contributed by atoms with Gasteiger partial charge < -0.3 is 20.9 Å². The van der Waals surface area contributed by atoms with Gasteiger partial charge in [0.1, 0.15) is 30.5 Å². The largest absolute Gasteiger partial charge is 0.474 e. The lowest BCUT2D eigenvalue weighted by molar-refractivity contribution is -0.118. The Labute approximate surface area is 173 Å². The first-order valence-electron chi connectivity index (χ1n) is 8.93. The van der Waals surface area contributed by atoms with Crippen LogP contribution in [0.25, 0.3) is 0 Å². The number of nitrogens with zero attached hydrogens (tertiary/aromatic N) is 4. The van der Waals surface area contributed by atoms with Gasteiger partial charge in [-0.25, -0.2) is 18.8 Å². The number of nitrogens with two attached hydrogens (primary N) is 2. The molecule has 2 aromatic rings. The Hall–Kier alpha value is -3.51. The normalized spacial score (nSPS) is 20.0. The fourth-order valence-electron chi connectivity index (χ4n) is 2.85. The first-order valence-corrected chi connectivity index (χ1v) is 8.93. The van der Waals surface area contributed by atoms with Gasteiger partial charge in [-0.05, 0) is 19.1 Å². The van der Waals surface area contributed by atoms with Gasteiger partial charge in [0, 0.05) is 5.69 Å². The van der Waals surface area contributed by atoms with Crippen molar-refractivity contribution in [2.24, 2.45) is 10.7 Å². The average molecular weight is 442 g/mol. The zero-order valence-electron chi connectivity index (χ0n) is 16.2. The molecule has 0 spiro atoms. The number of aromatic nitrogens is 3. The molecule has 3 heterocycles. The molecule has 0 saturated heterocycles. The summed E-state index contributed by atoms with van der Waals surface area (Å²) in [7, 11) is 0. The smallest absolute Gasteiger partial charge is 0.311 e. The molecule has 0 amide bonds. The SMILES string of the molecule is C[C@]1(c2nc(CC(=O)c3ncc(OCCF)nc3N)ccc2F)N=C(N)OCC1(F)F. The number of carbonyl (C=O) groups excluding carboxylic acids is 1. The van der Waals surface area contributed by atoms with Gasteiger partial charge in [0.25, 0.3) is 6.02 Å². The molecule has 166 valence electrons. The van der Waals surface area contributed by atoms with E-state index in [1.54, 1.807) is 0 Å². The Bertz CT molecular complexity index is 1040. The first kappa shape index (κ1) is 22.2. The second-order valence-corrected chi connectivity index (χ2v) is 6.73. The minimum Gasteiger partial charge on any atom is -0.474 e. The van der Waals surface area contributed by atoms with E-state index in [1.165, 1.54) is 0 Å². The fourth-order valence-corrected chi connectivity index (χ4v) is 2.85. The minimum absolute atomic E-state index is 0.0300. The highest BCUT2D eigenvalue weighted by Gasteiger charge is 2.57. The summed E-state index contributed by atoms with van der Waals surface area (Å²) in [6, 6.07) is 1.53. The molecular weight excluding hydrogens is 424 g/mol. The summed E-state index contributed by atoms with van der Waals surface area (Å²) in [6.45, 7) is -1.14. The molecule has 3 rings (SSSR count). The summed E-state index contributed by atoms with van der Waals surface area (Å²) >= 11 is 0. The van der Waals surface area contributed by atoms with Gasteiger partial charge in [-0.2, -0.15) is 13.8 Å². The van der Waals surface area contributed by atoms with Crippen molar-refractivity contribution in [3.8, 4) is 5.88 Å². The zero-order valence-corrected chi connectivity index (χ0v) is 16.2. The van der Waals surface area contributed by atoms with Crippen LogP contribution in [0.4, 0.5) is 23.4 Å². The monoisotopic (exact) mass is 442 g/mol. The van der Waals surface area contributed by atoms with Crippen LogP contribution in [0.15, 0.2) is 23.3 Å². The van der Waals surface area contributed by atoms with E-state index < -0.39 is 54.5 Å². The fraction of sp³-hybridized carbons (Fsp3) is 0.389. The molecule has 1 atom stereocenters. The number of aliphatic imine (C=N–C) groups is 1. The van der Waals surface area contributed by atoms with Crippen LogP contribution in [-0.2, 0) is 16.7 Å². The van der Waals surface area contributed by atoms with Crippen LogP contribution in [0.1, 0.15) is 28.8 Å². The predicted molar refractivity (Wildman–Crippen MR) is 100 cm³/mol. The quantitative estimate of drug-likeness (QED) is 0.487. The molecule has 0 aliphatic carbocycles. The highest BCUT2D eigenvalue weighted by molar-refractivity contribution is 5.99. The number of rotatable bonds is 7. The maximum atomic E-state index is 14.5. The molecule has 31 heavy (non-hydrogen) atoms. The Morgan fingerprint density at radius 3 is 2.71 bits per heavy atom. The topological polar surface area (TPSA) is 139 Å². The molecule has 0 unspecified atom stereocenters. The Kier molecular flexibility index (Phi) is 5.95. The molecule has 4 N–H and O–H groups in total. The second kappa shape index (κ2) is 8.32. The van der Waals surface area contributed by atoms with E-state index in [4.69, 9.17) is 16.2 Å². The zero-order chi connectivity index (χ0) is 22.8. The molecule has 0 bridgehead atoms. The minimum atomic E-state index is -3.61. The highest BCUT2D eigenvalue weighted by Crippen LogP contribution is 2.43. The first-order chi connectivity index (χ1) is 14.6. The molecule has 0 aromatic carbocycles. The van der Waals surface area contributed by atoms with Crippen molar-refractivity contribution in [1.29, 1.82) is 0 Å². The maximum absolute atomic E-state index is 14.5. The number of nitrogen functional groups attached to an aromatic ring is 1. The van der Waals surface area contributed by atoms with Crippen LogP contribution < -0.4 is 16.2 Å². The summed E-state index contributed by atoms with van der Waals surface area (Å²) in [5.74, 6) is -5.66. The molecule has 2 aromatic heterocycles. The van der Waals surface area contributed by atoms with Gasteiger partial charge in [-0.1, -0.05) is 0 Å². The van der Waals surface area contributed by atoms with Crippen molar-refractivity contribution in [2.45, 2.75) is 24.8 Å². The van der Waals surface area contributed by atoms with E-state index in [0.29, 0.717) is 0 Å². The van der Waals surface area contributed by atoms with Crippen LogP contribution in [0.2, 0.25) is 0 Å². The molecule has 0 saturated carbocycles. The van der Waals surface area contributed by atoms with Crippen molar-refractivity contribution >= 4 is 17.6 Å². The van der Waals surface area contributed by atoms with E-state index in [2.05, 4.69) is 24.7 Å². The van der Waals surface area contributed by atoms with Gasteiger partial charge in [-0.3, -0.25) is 9.78 Å². The van der Waals surface area contributed by atoms with Crippen LogP contribution >= 0.6 is 0 Å². The number of pyridine rings is 1. The number of anilines is 1. The summed E-state index contributed by atoms with van der Waals surface area (Å²) in [5.41, 5.74) is 7.71. The van der Waals surface area contributed by atoms with Gasteiger partial charge in [0.15, 0.2) is 23.7 Å². The third-order valence-electron chi connectivity index (χ3n) is 4.52. The number of Topliss-reactive ketones (excluding diaryl/α,β-unsaturated/α-hetero) is 1. The predicted octanol–water partition coefficient (Wildman–Crippen LogP) is 1.56. The van der Waals surface area contributed by atoms with Crippen LogP contribution in [0, 0.1) is 5.82 Å². The number of ether oxygens (including phenoxy) is 2. The van der Waals surface area contributed by atoms with E-state index in [0.717, 1.165) is 25.3 Å². The Morgan fingerprint density at radius 1 is 1.29 bits per heavy atom. The number of ketones is 1. The number of carbonyl (C=O) groups is 1. The molecule has 1 aliphatic rings. The van der Waals surface area contributed by atoms with Crippen LogP contribution in [0.3, 0.4) is 0 Å². The number of amidine groups is 1. The Balaban J connectivity index is 1.89. The van der Waals surface area contributed by atoms with E-state index in [-0.39, 0.29) is 29.7 Å².